The summed E-state index contributed by atoms with van der Waals surface area (Å²) in [5, 5.41) is 5.89. The highest BCUT2D eigenvalue weighted by molar-refractivity contribution is 9.11. The summed E-state index contributed by atoms with van der Waals surface area (Å²) in [4.78, 5) is 3.92. The number of nitrogens with zero attached hydrogens (tertiary/aromatic N) is 1. The lowest BCUT2D eigenvalue weighted by molar-refractivity contribution is 1.15. The fourth-order valence-corrected chi connectivity index (χ4v) is 2.54. The Morgan fingerprint density at radius 1 is 1.47 bits per heavy atom. The van der Waals surface area contributed by atoms with Crippen LogP contribution in [-0.2, 0) is 6.54 Å². The zero-order valence-electron chi connectivity index (χ0n) is 7.71. The van der Waals surface area contributed by atoms with Gasteiger partial charge >= 0.3 is 0 Å². The fraction of sp³-hybridized carbons (Fsp3) is 0.100. The molecule has 0 radical (unpaired) electrons. The molecule has 2 nitrogen and oxygen atoms in total. The van der Waals surface area contributed by atoms with Crippen LogP contribution in [0, 0.1) is 0 Å². The molecule has 2 heterocycles. The third-order valence-electron chi connectivity index (χ3n) is 1.84. The van der Waals surface area contributed by atoms with E-state index in [1.807, 2.05) is 12.1 Å². The lowest BCUT2D eigenvalue weighted by Crippen LogP contribution is -1.97. The Morgan fingerprint density at radius 2 is 2.33 bits per heavy atom. The molecule has 5 heteroatoms. The van der Waals surface area contributed by atoms with E-state index in [0.717, 1.165) is 16.0 Å². The lowest BCUT2D eigenvalue weighted by atomic mass is 10.3. The van der Waals surface area contributed by atoms with Crippen molar-refractivity contribution in [2.24, 2.45) is 0 Å². The highest BCUT2D eigenvalue weighted by Gasteiger charge is 1.98. The molecule has 2 aromatic rings. The molecular formula is C10H8BrClN2S. The van der Waals surface area contributed by atoms with E-state index >= 15 is 0 Å². The van der Waals surface area contributed by atoms with Crippen LogP contribution >= 0.6 is 38.9 Å². The van der Waals surface area contributed by atoms with Gasteiger partial charge in [-0.15, -0.1) is 11.3 Å². The molecule has 15 heavy (non-hydrogen) atoms. The summed E-state index contributed by atoms with van der Waals surface area (Å²) < 4.78 is 1.15. The minimum atomic E-state index is 0.506. The van der Waals surface area contributed by atoms with Gasteiger partial charge in [0.25, 0.3) is 0 Å². The van der Waals surface area contributed by atoms with Crippen molar-refractivity contribution in [2.45, 2.75) is 6.54 Å². The van der Waals surface area contributed by atoms with Crippen LogP contribution in [0.15, 0.2) is 33.6 Å². The average Bonchev–Trinajstić information content (AvgIpc) is 2.62. The first-order valence-corrected chi connectivity index (χ1v) is 6.37. The fourth-order valence-electron chi connectivity index (χ4n) is 1.16. The second-order valence-corrected chi connectivity index (χ2v) is 5.66. The molecule has 2 rings (SSSR count). The number of hydrogen-bond donors (Lipinski definition) is 1. The van der Waals surface area contributed by atoms with E-state index in [1.165, 1.54) is 5.56 Å². The Balaban J connectivity index is 1.99. The molecule has 0 aliphatic heterocycles. The molecule has 78 valence electrons. The summed E-state index contributed by atoms with van der Waals surface area (Å²) in [7, 11) is 0. The maximum atomic E-state index is 5.77. The van der Waals surface area contributed by atoms with E-state index in [1.54, 1.807) is 17.5 Å². The number of thiophene rings is 1. The number of hydrogen-bond acceptors (Lipinski definition) is 3. The molecule has 0 unspecified atom stereocenters. The van der Waals surface area contributed by atoms with E-state index in [2.05, 4.69) is 37.7 Å². The summed E-state index contributed by atoms with van der Waals surface area (Å²) >= 11 is 10.9. The van der Waals surface area contributed by atoms with E-state index in [9.17, 15) is 0 Å². The third kappa shape index (κ3) is 3.19. The van der Waals surface area contributed by atoms with Gasteiger partial charge in [-0.25, -0.2) is 4.98 Å². The zero-order valence-corrected chi connectivity index (χ0v) is 10.9. The topological polar surface area (TPSA) is 24.9 Å². The summed E-state index contributed by atoms with van der Waals surface area (Å²) in [5.74, 6) is 0. The molecule has 0 aromatic carbocycles. The largest absolute Gasteiger partial charge is 0.381 e. The smallest absolute Gasteiger partial charge is 0.131 e. The van der Waals surface area contributed by atoms with Gasteiger partial charge in [0.1, 0.15) is 5.15 Å². The summed E-state index contributed by atoms with van der Waals surface area (Å²) in [6, 6.07) is 5.80. The molecule has 0 amide bonds. The first kappa shape index (κ1) is 10.9. The minimum Gasteiger partial charge on any atom is -0.381 e. The molecule has 0 bridgehead atoms. The number of halogens is 2. The predicted octanol–water partition coefficient (Wildman–Crippen LogP) is 4.17. The number of nitrogens with one attached hydrogen (secondary N) is 1. The van der Waals surface area contributed by atoms with Gasteiger partial charge < -0.3 is 5.32 Å². The van der Waals surface area contributed by atoms with Gasteiger partial charge in [-0.05, 0) is 45.1 Å². The van der Waals surface area contributed by atoms with Crippen LogP contribution in [0.5, 0.6) is 0 Å². The molecule has 0 aliphatic rings. The van der Waals surface area contributed by atoms with E-state index in [4.69, 9.17) is 11.6 Å². The second kappa shape index (κ2) is 4.96. The third-order valence-corrected chi connectivity index (χ3v) is 3.60. The Bertz CT molecular complexity index is 458. The van der Waals surface area contributed by atoms with Crippen molar-refractivity contribution in [3.8, 4) is 0 Å². The summed E-state index contributed by atoms with van der Waals surface area (Å²) in [5.41, 5.74) is 2.23. The SMILES string of the molecule is Clc1cc(NCc2csc(Br)c2)ccn1. The Hall–Kier alpha value is -0.580. The Kier molecular flexibility index (Phi) is 3.61. The van der Waals surface area contributed by atoms with E-state index in [0.29, 0.717) is 5.15 Å². The average molecular weight is 304 g/mol. The van der Waals surface area contributed by atoms with E-state index in [-0.39, 0.29) is 0 Å². The summed E-state index contributed by atoms with van der Waals surface area (Å²) in [6.07, 6.45) is 1.69. The number of aromatic nitrogens is 1. The van der Waals surface area contributed by atoms with Crippen molar-refractivity contribution in [1.82, 2.24) is 4.98 Å². The molecule has 0 saturated heterocycles. The van der Waals surface area contributed by atoms with Crippen molar-refractivity contribution < 1.29 is 0 Å². The number of pyridine rings is 1. The number of rotatable bonds is 3. The van der Waals surface area contributed by atoms with Crippen molar-refractivity contribution in [3.05, 3.63) is 44.3 Å². The Morgan fingerprint density at radius 3 is 3.00 bits per heavy atom. The second-order valence-electron chi connectivity index (χ2n) is 2.98. The van der Waals surface area contributed by atoms with Gasteiger partial charge in [0.05, 0.1) is 3.79 Å². The van der Waals surface area contributed by atoms with Crippen LogP contribution in [-0.4, -0.2) is 4.98 Å². The maximum Gasteiger partial charge on any atom is 0.131 e. The van der Waals surface area contributed by atoms with Crippen molar-refractivity contribution in [3.63, 3.8) is 0 Å². The van der Waals surface area contributed by atoms with Crippen LogP contribution in [0.1, 0.15) is 5.56 Å². The summed E-state index contributed by atoms with van der Waals surface area (Å²) in [6.45, 7) is 0.794. The van der Waals surface area contributed by atoms with Gasteiger partial charge in [-0.3, -0.25) is 0 Å². The minimum absolute atomic E-state index is 0.506. The molecule has 0 spiro atoms. The lowest BCUT2D eigenvalue weighted by Gasteiger charge is -2.04. The van der Waals surface area contributed by atoms with Crippen LogP contribution < -0.4 is 5.32 Å². The highest BCUT2D eigenvalue weighted by atomic mass is 79.9. The molecular weight excluding hydrogens is 296 g/mol. The van der Waals surface area contributed by atoms with Gasteiger partial charge in [0, 0.05) is 18.4 Å². The molecule has 0 fully saturated rings. The van der Waals surface area contributed by atoms with Gasteiger partial charge in [0.2, 0.25) is 0 Å². The highest BCUT2D eigenvalue weighted by Crippen LogP contribution is 2.21. The maximum absolute atomic E-state index is 5.77. The van der Waals surface area contributed by atoms with Gasteiger partial charge in [-0.1, -0.05) is 11.6 Å². The molecule has 0 saturated carbocycles. The predicted molar refractivity (Wildman–Crippen MR) is 68.6 cm³/mol. The standard InChI is InChI=1S/C10H8BrClN2S/c11-9-3-7(6-15-9)5-14-8-1-2-13-10(12)4-8/h1-4,6H,5H2,(H,13,14). The first-order chi connectivity index (χ1) is 7.24. The first-order valence-electron chi connectivity index (χ1n) is 4.32. The monoisotopic (exact) mass is 302 g/mol. The zero-order chi connectivity index (χ0) is 10.7. The quantitative estimate of drug-likeness (QED) is 0.861. The van der Waals surface area contributed by atoms with Crippen LogP contribution in [0.25, 0.3) is 0 Å². The molecule has 2 aromatic heterocycles. The molecule has 0 aliphatic carbocycles. The van der Waals surface area contributed by atoms with E-state index < -0.39 is 0 Å². The number of anilines is 1. The van der Waals surface area contributed by atoms with Crippen LogP contribution in [0.4, 0.5) is 5.69 Å². The molecule has 1 N–H and O–H groups in total. The van der Waals surface area contributed by atoms with Crippen LogP contribution in [0.2, 0.25) is 5.15 Å². The van der Waals surface area contributed by atoms with Crippen LogP contribution in [0.3, 0.4) is 0 Å². The van der Waals surface area contributed by atoms with Crippen molar-refractivity contribution in [2.75, 3.05) is 5.32 Å². The van der Waals surface area contributed by atoms with Crippen molar-refractivity contribution in [1.29, 1.82) is 0 Å². The van der Waals surface area contributed by atoms with Gasteiger partial charge in [0.15, 0.2) is 0 Å². The molecule has 0 atom stereocenters. The van der Waals surface area contributed by atoms with Crippen molar-refractivity contribution >= 4 is 44.6 Å². The Labute approximate surface area is 105 Å². The van der Waals surface area contributed by atoms with Gasteiger partial charge in [-0.2, -0.15) is 0 Å². The normalized spacial score (nSPS) is 10.3.